The van der Waals surface area contributed by atoms with Crippen LogP contribution < -0.4 is 5.73 Å². The van der Waals surface area contributed by atoms with Gasteiger partial charge in [0.2, 0.25) is 0 Å². The van der Waals surface area contributed by atoms with Crippen molar-refractivity contribution in [2.75, 3.05) is 26.2 Å². The van der Waals surface area contributed by atoms with Gasteiger partial charge in [-0.25, -0.2) is 4.79 Å². The molecule has 2 rings (SSSR count). The molecule has 0 radical (unpaired) electrons. The number of hydrogen-bond donors (Lipinski definition) is 1. The van der Waals surface area contributed by atoms with Crippen LogP contribution >= 0.6 is 0 Å². The number of likely N-dealkylation sites (tertiary alicyclic amines) is 2. The molecule has 2 saturated heterocycles. The van der Waals surface area contributed by atoms with Gasteiger partial charge in [0.1, 0.15) is 0 Å². The molecule has 2 N–H and O–H groups in total. The zero-order chi connectivity index (χ0) is 13.0. The average Bonchev–Trinajstić information content (AvgIpc) is 2.38. The van der Waals surface area contributed by atoms with E-state index < -0.39 is 0 Å². The standard InChI is InChI=1S/C14H27N3O/c1-12-5-9-16(10-6-12)11-7-13-4-2-3-8-17(13)14(15)18/h12-13H,2-11H2,1H3,(H2,15,18). The van der Waals surface area contributed by atoms with Crippen molar-refractivity contribution in [2.24, 2.45) is 11.7 Å². The van der Waals surface area contributed by atoms with Crippen LogP contribution in [0.2, 0.25) is 0 Å². The lowest BCUT2D eigenvalue weighted by molar-refractivity contribution is 0.131. The quantitative estimate of drug-likeness (QED) is 0.837. The van der Waals surface area contributed by atoms with E-state index in [0.717, 1.165) is 38.3 Å². The Morgan fingerprint density at radius 3 is 2.56 bits per heavy atom. The minimum absolute atomic E-state index is 0.230. The second kappa shape index (κ2) is 6.41. The predicted octanol–water partition coefficient (Wildman–Crippen LogP) is 2.04. The SMILES string of the molecule is CC1CCN(CCC2CCCCN2C(N)=O)CC1. The fraction of sp³-hybridized carbons (Fsp3) is 0.929. The Morgan fingerprint density at radius 1 is 1.17 bits per heavy atom. The smallest absolute Gasteiger partial charge is 0.315 e. The Bertz CT molecular complexity index is 274. The first-order chi connectivity index (χ1) is 8.66. The second-order valence-corrected chi connectivity index (χ2v) is 5.99. The van der Waals surface area contributed by atoms with Gasteiger partial charge in [0.15, 0.2) is 0 Å². The number of carbonyl (C=O) groups is 1. The fourth-order valence-corrected chi connectivity index (χ4v) is 3.21. The number of nitrogens with zero attached hydrogens (tertiary/aromatic N) is 2. The summed E-state index contributed by atoms with van der Waals surface area (Å²) in [5, 5.41) is 0. The summed E-state index contributed by atoms with van der Waals surface area (Å²) < 4.78 is 0. The molecule has 0 spiro atoms. The molecule has 2 amide bonds. The second-order valence-electron chi connectivity index (χ2n) is 5.99. The zero-order valence-electron chi connectivity index (χ0n) is 11.6. The highest BCUT2D eigenvalue weighted by molar-refractivity contribution is 5.72. The van der Waals surface area contributed by atoms with Gasteiger partial charge in [0.25, 0.3) is 0 Å². The third-order valence-corrected chi connectivity index (χ3v) is 4.57. The Morgan fingerprint density at radius 2 is 1.89 bits per heavy atom. The molecule has 2 aliphatic heterocycles. The van der Waals surface area contributed by atoms with Gasteiger partial charge in [0, 0.05) is 19.1 Å². The van der Waals surface area contributed by atoms with E-state index in [1.807, 2.05) is 4.90 Å². The number of urea groups is 1. The summed E-state index contributed by atoms with van der Waals surface area (Å²) >= 11 is 0. The molecule has 2 aliphatic rings. The molecular formula is C14H27N3O. The maximum Gasteiger partial charge on any atom is 0.315 e. The van der Waals surface area contributed by atoms with Gasteiger partial charge in [-0.3, -0.25) is 0 Å². The Labute approximate surface area is 110 Å². The van der Waals surface area contributed by atoms with Gasteiger partial charge in [-0.1, -0.05) is 6.92 Å². The van der Waals surface area contributed by atoms with Crippen molar-refractivity contribution in [2.45, 2.75) is 51.5 Å². The summed E-state index contributed by atoms with van der Waals surface area (Å²) in [5.41, 5.74) is 5.46. The van der Waals surface area contributed by atoms with Crippen LogP contribution in [0, 0.1) is 5.92 Å². The molecule has 4 heteroatoms. The van der Waals surface area contributed by atoms with E-state index in [-0.39, 0.29) is 6.03 Å². The monoisotopic (exact) mass is 253 g/mol. The number of primary amides is 1. The summed E-state index contributed by atoms with van der Waals surface area (Å²) in [6.45, 7) is 6.78. The van der Waals surface area contributed by atoms with E-state index in [1.165, 1.54) is 32.4 Å². The summed E-state index contributed by atoms with van der Waals surface area (Å²) in [6, 6.07) is 0.155. The number of piperidine rings is 2. The molecular weight excluding hydrogens is 226 g/mol. The Kier molecular flexibility index (Phi) is 4.87. The highest BCUT2D eigenvalue weighted by Gasteiger charge is 2.25. The van der Waals surface area contributed by atoms with Crippen molar-refractivity contribution >= 4 is 6.03 Å². The summed E-state index contributed by atoms with van der Waals surface area (Å²) in [7, 11) is 0. The van der Waals surface area contributed by atoms with Gasteiger partial charge in [-0.2, -0.15) is 0 Å². The zero-order valence-corrected chi connectivity index (χ0v) is 11.6. The van der Waals surface area contributed by atoms with Gasteiger partial charge < -0.3 is 15.5 Å². The van der Waals surface area contributed by atoms with E-state index in [2.05, 4.69) is 11.8 Å². The topological polar surface area (TPSA) is 49.6 Å². The Balaban J connectivity index is 1.75. The van der Waals surface area contributed by atoms with Gasteiger partial charge >= 0.3 is 6.03 Å². The van der Waals surface area contributed by atoms with Crippen molar-refractivity contribution in [1.29, 1.82) is 0 Å². The third kappa shape index (κ3) is 3.61. The molecule has 104 valence electrons. The molecule has 0 aromatic rings. The average molecular weight is 253 g/mol. The highest BCUT2D eigenvalue weighted by Crippen LogP contribution is 2.21. The van der Waals surface area contributed by atoms with Gasteiger partial charge in [-0.15, -0.1) is 0 Å². The summed E-state index contributed by atoms with van der Waals surface area (Å²) in [5.74, 6) is 0.887. The summed E-state index contributed by atoms with van der Waals surface area (Å²) in [6.07, 6.45) is 7.23. The van der Waals surface area contributed by atoms with E-state index in [4.69, 9.17) is 5.73 Å². The maximum atomic E-state index is 11.4. The van der Waals surface area contributed by atoms with E-state index >= 15 is 0 Å². The van der Waals surface area contributed by atoms with Crippen molar-refractivity contribution in [3.05, 3.63) is 0 Å². The molecule has 0 bridgehead atoms. The highest BCUT2D eigenvalue weighted by atomic mass is 16.2. The lowest BCUT2D eigenvalue weighted by atomic mass is 9.97. The van der Waals surface area contributed by atoms with Crippen LogP contribution in [0.5, 0.6) is 0 Å². The number of carbonyl (C=O) groups excluding carboxylic acids is 1. The number of rotatable bonds is 3. The van der Waals surface area contributed by atoms with Gasteiger partial charge in [0.05, 0.1) is 0 Å². The summed E-state index contributed by atoms with van der Waals surface area (Å²) in [4.78, 5) is 15.8. The Hall–Kier alpha value is -0.770. The maximum absolute atomic E-state index is 11.4. The first kappa shape index (κ1) is 13.7. The number of hydrogen-bond acceptors (Lipinski definition) is 2. The minimum atomic E-state index is -0.230. The van der Waals surface area contributed by atoms with Crippen LogP contribution in [0.4, 0.5) is 4.79 Å². The van der Waals surface area contributed by atoms with Crippen LogP contribution in [-0.2, 0) is 0 Å². The van der Waals surface area contributed by atoms with Crippen LogP contribution in [0.25, 0.3) is 0 Å². The molecule has 1 atom stereocenters. The third-order valence-electron chi connectivity index (χ3n) is 4.57. The van der Waals surface area contributed by atoms with Crippen LogP contribution in [0.15, 0.2) is 0 Å². The number of amides is 2. The molecule has 18 heavy (non-hydrogen) atoms. The molecule has 0 aromatic heterocycles. The lowest BCUT2D eigenvalue weighted by Crippen LogP contribution is -2.48. The molecule has 0 aromatic carbocycles. The molecule has 1 unspecified atom stereocenters. The van der Waals surface area contributed by atoms with Crippen molar-refractivity contribution in [3.63, 3.8) is 0 Å². The van der Waals surface area contributed by atoms with Crippen LogP contribution in [0.1, 0.15) is 45.4 Å². The van der Waals surface area contributed by atoms with Gasteiger partial charge in [-0.05, 0) is 57.5 Å². The van der Waals surface area contributed by atoms with E-state index in [1.54, 1.807) is 0 Å². The minimum Gasteiger partial charge on any atom is -0.351 e. The van der Waals surface area contributed by atoms with Crippen molar-refractivity contribution in [1.82, 2.24) is 9.80 Å². The molecule has 0 saturated carbocycles. The normalized spacial score (nSPS) is 27.4. The molecule has 4 nitrogen and oxygen atoms in total. The van der Waals surface area contributed by atoms with Crippen LogP contribution in [0.3, 0.4) is 0 Å². The molecule has 0 aliphatic carbocycles. The largest absolute Gasteiger partial charge is 0.351 e. The van der Waals surface area contributed by atoms with Crippen molar-refractivity contribution in [3.8, 4) is 0 Å². The molecule has 2 heterocycles. The lowest BCUT2D eigenvalue weighted by Gasteiger charge is -2.37. The first-order valence-corrected chi connectivity index (χ1v) is 7.45. The predicted molar refractivity (Wildman–Crippen MR) is 73.4 cm³/mol. The molecule has 2 fully saturated rings. The van der Waals surface area contributed by atoms with E-state index in [9.17, 15) is 4.79 Å². The van der Waals surface area contributed by atoms with Crippen molar-refractivity contribution < 1.29 is 4.79 Å². The first-order valence-electron chi connectivity index (χ1n) is 7.45. The number of nitrogens with two attached hydrogens (primary N) is 1. The van der Waals surface area contributed by atoms with E-state index in [0.29, 0.717) is 6.04 Å². The van der Waals surface area contributed by atoms with Crippen LogP contribution in [-0.4, -0.2) is 48.1 Å². The fourth-order valence-electron chi connectivity index (χ4n) is 3.21.